The molecule has 3 nitrogen and oxygen atoms in total. The second kappa shape index (κ2) is 4.28. The fraction of sp³-hybridized carbons (Fsp3) is 0.143. The number of nitrogens with one attached hydrogen (secondary N) is 1. The molecule has 64 valence electrons. The zero-order valence-corrected chi connectivity index (χ0v) is 7.89. The van der Waals surface area contributed by atoms with Gasteiger partial charge in [0.25, 0.3) is 0 Å². The molecule has 0 spiro atoms. The normalized spacial score (nSPS) is 10.6. The summed E-state index contributed by atoms with van der Waals surface area (Å²) in [6, 6.07) is 3.41. The van der Waals surface area contributed by atoms with Crippen LogP contribution in [-0.4, -0.2) is 18.2 Å². The molecular weight excluding hydrogens is 197 g/mol. The Labute approximate surface area is 80.4 Å². The van der Waals surface area contributed by atoms with Crippen LogP contribution >= 0.6 is 23.2 Å². The molecule has 5 heteroatoms. The molecule has 0 saturated carbocycles. The third kappa shape index (κ3) is 2.36. The summed E-state index contributed by atoms with van der Waals surface area (Å²) in [4.78, 5) is 3.84. The molecule has 1 rings (SSSR count). The molecule has 0 atom stereocenters. The van der Waals surface area contributed by atoms with Crippen LogP contribution in [0, 0.1) is 0 Å². The van der Waals surface area contributed by atoms with E-state index in [-0.39, 0.29) is 0 Å². The van der Waals surface area contributed by atoms with Gasteiger partial charge in [0.1, 0.15) is 10.3 Å². The van der Waals surface area contributed by atoms with Crippen molar-refractivity contribution in [2.45, 2.75) is 0 Å². The van der Waals surface area contributed by atoms with E-state index in [2.05, 4.69) is 15.5 Å². The Morgan fingerprint density at radius 3 is 2.83 bits per heavy atom. The highest BCUT2D eigenvalue weighted by molar-refractivity contribution is 6.34. The van der Waals surface area contributed by atoms with E-state index >= 15 is 0 Å². The lowest BCUT2D eigenvalue weighted by atomic mass is 10.3. The summed E-state index contributed by atoms with van der Waals surface area (Å²) in [5, 5.41) is 4.52. The van der Waals surface area contributed by atoms with Crippen molar-refractivity contribution in [1.82, 2.24) is 10.4 Å². The van der Waals surface area contributed by atoms with Crippen molar-refractivity contribution in [3.63, 3.8) is 0 Å². The van der Waals surface area contributed by atoms with E-state index < -0.39 is 0 Å². The van der Waals surface area contributed by atoms with Crippen LogP contribution in [0.3, 0.4) is 0 Å². The number of nitrogens with zero attached hydrogens (tertiary/aromatic N) is 2. The SMILES string of the molecule is CN/N=C/c1ccc(Cl)nc1Cl. The first kappa shape index (κ1) is 9.29. The van der Waals surface area contributed by atoms with Gasteiger partial charge in [0, 0.05) is 12.6 Å². The highest BCUT2D eigenvalue weighted by atomic mass is 35.5. The van der Waals surface area contributed by atoms with Gasteiger partial charge in [-0.2, -0.15) is 5.10 Å². The summed E-state index contributed by atoms with van der Waals surface area (Å²) in [5.74, 6) is 0. The molecule has 0 amide bonds. The number of hydrogen-bond donors (Lipinski definition) is 1. The minimum atomic E-state index is 0.349. The molecule has 0 saturated heterocycles. The quantitative estimate of drug-likeness (QED) is 0.454. The van der Waals surface area contributed by atoms with Crippen molar-refractivity contribution in [3.05, 3.63) is 28.0 Å². The molecule has 0 unspecified atom stereocenters. The second-order valence-corrected chi connectivity index (χ2v) is 2.74. The number of aromatic nitrogens is 1. The molecule has 0 radical (unpaired) electrons. The fourth-order valence-electron chi connectivity index (χ4n) is 0.653. The zero-order valence-electron chi connectivity index (χ0n) is 6.38. The number of halogens is 2. The lowest BCUT2D eigenvalue weighted by molar-refractivity contribution is 0.908. The van der Waals surface area contributed by atoms with Crippen molar-refractivity contribution >= 4 is 29.4 Å². The molecule has 0 aromatic carbocycles. The van der Waals surface area contributed by atoms with Crippen molar-refractivity contribution in [3.8, 4) is 0 Å². The molecule has 12 heavy (non-hydrogen) atoms. The first-order valence-corrected chi connectivity index (χ1v) is 4.01. The second-order valence-electron chi connectivity index (χ2n) is 2.00. The summed E-state index contributed by atoms with van der Waals surface area (Å²) < 4.78 is 0. The van der Waals surface area contributed by atoms with Gasteiger partial charge in [0.05, 0.1) is 6.21 Å². The minimum Gasteiger partial charge on any atom is -0.313 e. The molecule has 1 aromatic rings. The van der Waals surface area contributed by atoms with Gasteiger partial charge in [-0.1, -0.05) is 23.2 Å². The van der Waals surface area contributed by atoms with Crippen LogP contribution in [0.4, 0.5) is 0 Å². The van der Waals surface area contributed by atoms with Gasteiger partial charge in [-0.3, -0.25) is 0 Å². The van der Waals surface area contributed by atoms with Crippen LogP contribution < -0.4 is 5.43 Å². The molecule has 0 aliphatic carbocycles. The summed E-state index contributed by atoms with van der Waals surface area (Å²) in [5.41, 5.74) is 3.34. The third-order valence-corrected chi connectivity index (χ3v) is 1.69. The van der Waals surface area contributed by atoms with Crippen LogP contribution in [0.1, 0.15) is 5.56 Å². The topological polar surface area (TPSA) is 37.3 Å². The number of hydrogen-bond acceptors (Lipinski definition) is 3. The van der Waals surface area contributed by atoms with E-state index in [9.17, 15) is 0 Å². The van der Waals surface area contributed by atoms with Crippen LogP contribution in [0.15, 0.2) is 17.2 Å². The minimum absolute atomic E-state index is 0.349. The first-order chi connectivity index (χ1) is 5.74. The zero-order chi connectivity index (χ0) is 8.97. The average Bonchev–Trinajstić information content (AvgIpc) is 2.03. The summed E-state index contributed by atoms with van der Waals surface area (Å²) in [6.07, 6.45) is 1.58. The standard InChI is InChI=1S/C7H7Cl2N3/c1-10-11-4-5-2-3-6(8)12-7(5)9/h2-4,10H,1H3/b11-4+. The van der Waals surface area contributed by atoms with E-state index in [0.717, 1.165) is 5.56 Å². The van der Waals surface area contributed by atoms with E-state index in [1.54, 1.807) is 25.4 Å². The maximum atomic E-state index is 5.75. The van der Waals surface area contributed by atoms with E-state index in [4.69, 9.17) is 23.2 Å². The maximum Gasteiger partial charge on any atom is 0.139 e. The highest BCUT2D eigenvalue weighted by Gasteiger charge is 1.98. The Morgan fingerprint density at radius 2 is 2.25 bits per heavy atom. The Kier molecular flexibility index (Phi) is 3.31. The lowest BCUT2D eigenvalue weighted by Gasteiger charge is -1.96. The van der Waals surface area contributed by atoms with Crippen LogP contribution in [0.2, 0.25) is 10.3 Å². The summed E-state index contributed by atoms with van der Waals surface area (Å²) in [7, 11) is 1.70. The molecule has 1 N–H and O–H groups in total. The van der Waals surface area contributed by atoms with Gasteiger partial charge in [-0.15, -0.1) is 0 Å². The van der Waals surface area contributed by atoms with Gasteiger partial charge < -0.3 is 5.43 Å². The van der Waals surface area contributed by atoms with Crippen LogP contribution in [0.5, 0.6) is 0 Å². The number of pyridine rings is 1. The molecule has 1 aromatic heterocycles. The monoisotopic (exact) mass is 203 g/mol. The maximum absolute atomic E-state index is 5.75. The van der Waals surface area contributed by atoms with Crippen molar-refractivity contribution in [1.29, 1.82) is 0 Å². The number of rotatable bonds is 2. The molecular formula is C7H7Cl2N3. The first-order valence-electron chi connectivity index (χ1n) is 3.26. The highest BCUT2D eigenvalue weighted by Crippen LogP contribution is 2.14. The molecule has 1 heterocycles. The van der Waals surface area contributed by atoms with E-state index in [1.165, 1.54) is 0 Å². The van der Waals surface area contributed by atoms with E-state index in [0.29, 0.717) is 10.3 Å². The molecule has 0 aliphatic heterocycles. The fourth-order valence-corrected chi connectivity index (χ4v) is 1.05. The number of hydrazone groups is 1. The Balaban J connectivity index is 2.94. The van der Waals surface area contributed by atoms with Crippen LogP contribution in [-0.2, 0) is 0 Å². The third-order valence-electron chi connectivity index (χ3n) is 1.18. The average molecular weight is 204 g/mol. The van der Waals surface area contributed by atoms with E-state index in [1.807, 2.05) is 0 Å². The predicted octanol–water partition coefficient (Wildman–Crippen LogP) is 1.94. The largest absolute Gasteiger partial charge is 0.313 e. The summed E-state index contributed by atoms with van der Waals surface area (Å²) in [6.45, 7) is 0. The van der Waals surface area contributed by atoms with Gasteiger partial charge in [-0.25, -0.2) is 4.98 Å². The molecule has 0 bridgehead atoms. The van der Waals surface area contributed by atoms with Gasteiger partial charge in [-0.05, 0) is 12.1 Å². The van der Waals surface area contributed by atoms with Crippen LogP contribution in [0.25, 0.3) is 0 Å². The molecule has 0 aliphatic rings. The van der Waals surface area contributed by atoms with Crippen molar-refractivity contribution in [2.75, 3.05) is 7.05 Å². The Hall–Kier alpha value is -0.800. The molecule has 0 fully saturated rings. The van der Waals surface area contributed by atoms with Gasteiger partial charge in [0.15, 0.2) is 0 Å². The predicted molar refractivity (Wildman–Crippen MR) is 50.9 cm³/mol. The van der Waals surface area contributed by atoms with Gasteiger partial charge >= 0.3 is 0 Å². The Bertz CT molecular complexity index is 299. The lowest BCUT2D eigenvalue weighted by Crippen LogP contribution is -1.95. The van der Waals surface area contributed by atoms with Crippen molar-refractivity contribution < 1.29 is 0 Å². The Morgan fingerprint density at radius 1 is 1.50 bits per heavy atom. The smallest absolute Gasteiger partial charge is 0.139 e. The van der Waals surface area contributed by atoms with Gasteiger partial charge in [0.2, 0.25) is 0 Å². The summed E-state index contributed by atoms with van der Waals surface area (Å²) >= 11 is 11.3. The van der Waals surface area contributed by atoms with Crippen molar-refractivity contribution in [2.24, 2.45) is 5.10 Å².